The van der Waals surface area contributed by atoms with E-state index in [-0.39, 0.29) is 5.91 Å². The molecule has 1 amide bonds. The van der Waals surface area contributed by atoms with E-state index < -0.39 is 0 Å². The van der Waals surface area contributed by atoms with Gasteiger partial charge in [-0.2, -0.15) is 5.10 Å². The Kier molecular flexibility index (Phi) is 4.03. The van der Waals surface area contributed by atoms with Crippen LogP contribution in [0, 0.1) is 5.92 Å². The summed E-state index contributed by atoms with van der Waals surface area (Å²) < 4.78 is 4.96. The second kappa shape index (κ2) is 5.29. The van der Waals surface area contributed by atoms with Gasteiger partial charge in [0.1, 0.15) is 5.69 Å². The number of amides is 1. The highest BCUT2D eigenvalue weighted by molar-refractivity contribution is 5.91. The molecule has 0 saturated carbocycles. The Morgan fingerprint density at radius 1 is 1.60 bits per heavy atom. The van der Waals surface area contributed by atoms with Crippen LogP contribution in [0.1, 0.15) is 20.3 Å². The van der Waals surface area contributed by atoms with Gasteiger partial charge in [0.25, 0.3) is 5.88 Å². The van der Waals surface area contributed by atoms with Crippen molar-refractivity contribution in [2.24, 2.45) is 5.92 Å². The van der Waals surface area contributed by atoms with Crippen molar-refractivity contribution in [1.82, 2.24) is 10.2 Å². The maximum atomic E-state index is 11.5. The predicted octanol–water partition coefficient (Wildman–Crippen LogP) is 1.47. The number of carbonyl (C=O) groups excluding carboxylic acids is 1. The van der Waals surface area contributed by atoms with Crippen molar-refractivity contribution in [3.05, 3.63) is 12.3 Å². The van der Waals surface area contributed by atoms with E-state index in [1.807, 2.05) is 13.8 Å². The predicted molar refractivity (Wildman–Crippen MR) is 56.7 cm³/mol. The third kappa shape index (κ3) is 3.53. The van der Waals surface area contributed by atoms with Gasteiger partial charge in [0.2, 0.25) is 5.91 Å². The molecule has 5 heteroatoms. The van der Waals surface area contributed by atoms with E-state index >= 15 is 0 Å². The zero-order chi connectivity index (χ0) is 11.3. The first kappa shape index (κ1) is 11.4. The van der Waals surface area contributed by atoms with Gasteiger partial charge in [-0.3, -0.25) is 4.79 Å². The van der Waals surface area contributed by atoms with Crippen LogP contribution >= 0.6 is 0 Å². The number of methoxy groups -OCH3 is 1. The number of nitrogens with one attached hydrogen (secondary N) is 1. The average molecular weight is 209 g/mol. The Hall–Kier alpha value is -1.65. The van der Waals surface area contributed by atoms with E-state index in [9.17, 15) is 4.79 Å². The molecular formula is C10H15N3O2. The van der Waals surface area contributed by atoms with E-state index in [0.717, 1.165) is 0 Å². The Balaban J connectivity index is 2.67. The smallest absolute Gasteiger partial charge is 0.257 e. The lowest BCUT2D eigenvalue weighted by Crippen LogP contribution is -2.14. The summed E-state index contributed by atoms with van der Waals surface area (Å²) in [5, 5.41) is 10.1. The molecule has 1 rings (SSSR count). The highest BCUT2D eigenvalue weighted by Gasteiger charge is 2.09. The minimum atomic E-state index is -0.0451. The van der Waals surface area contributed by atoms with Gasteiger partial charge in [0.05, 0.1) is 13.3 Å². The maximum Gasteiger partial charge on any atom is 0.257 e. The number of hydrogen-bond acceptors (Lipinski definition) is 4. The summed E-state index contributed by atoms with van der Waals surface area (Å²) in [6.45, 7) is 3.98. The van der Waals surface area contributed by atoms with Crippen LogP contribution in [-0.2, 0) is 4.79 Å². The highest BCUT2D eigenvalue weighted by atomic mass is 16.5. The number of carbonyl (C=O) groups is 1. The Labute approximate surface area is 88.9 Å². The number of rotatable bonds is 4. The van der Waals surface area contributed by atoms with E-state index in [0.29, 0.717) is 23.9 Å². The topological polar surface area (TPSA) is 64.1 Å². The normalized spacial score (nSPS) is 10.1. The highest BCUT2D eigenvalue weighted by Crippen LogP contribution is 2.19. The maximum absolute atomic E-state index is 11.5. The molecule has 0 saturated heterocycles. The van der Waals surface area contributed by atoms with Gasteiger partial charge in [-0.15, -0.1) is 5.10 Å². The molecule has 0 aliphatic rings. The Bertz CT molecular complexity index is 339. The third-order valence-electron chi connectivity index (χ3n) is 1.75. The Morgan fingerprint density at radius 2 is 2.33 bits per heavy atom. The first-order chi connectivity index (χ1) is 7.13. The van der Waals surface area contributed by atoms with Gasteiger partial charge in [-0.1, -0.05) is 13.8 Å². The number of nitrogens with zero attached hydrogens (tertiary/aromatic N) is 2. The lowest BCUT2D eigenvalue weighted by molar-refractivity contribution is -0.116. The second-order valence-corrected chi connectivity index (χ2v) is 3.60. The van der Waals surface area contributed by atoms with Gasteiger partial charge in [-0.25, -0.2) is 0 Å². The Morgan fingerprint density at radius 3 is 2.93 bits per heavy atom. The molecule has 5 nitrogen and oxygen atoms in total. The lowest BCUT2D eigenvalue weighted by atomic mass is 10.1. The summed E-state index contributed by atoms with van der Waals surface area (Å²) in [5.74, 6) is 0.608. The fraction of sp³-hybridized carbons (Fsp3) is 0.500. The van der Waals surface area contributed by atoms with Crippen molar-refractivity contribution < 1.29 is 9.53 Å². The molecule has 1 aromatic rings. The SMILES string of the molecule is COc1nnccc1NC(=O)CC(C)C. The van der Waals surface area contributed by atoms with Gasteiger partial charge in [-0.05, 0) is 12.0 Å². The van der Waals surface area contributed by atoms with Crippen molar-refractivity contribution >= 4 is 11.6 Å². The van der Waals surface area contributed by atoms with Gasteiger partial charge in [0.15, 0.2) is 0 Å². The van der Waals surface area contributed by atoms with E-state index in [1.54, 1.807) is 6.07 Å². The summed E-state index contributed by atoms with van der Waals surface area (Å²) in [7, 11) is 1.49. The molecule has 0 spiro atoms. The molecule has 0 fully saturated rings. The van der Waals surface area contributed by atoms with Crippen LogP contribution in [0.3, 0.4) is 0 Å². The van der Waals surface area contributed by atoms with Crippen LogP contribution in [0.4, 0.5) is 5.69 Å². The molecule has 0 radical (unpaired) electrons. The summed E-state index contributed by atoms with van der Waals surface area (Å²) in [4.78, 5) is 11.5. The van der Waals surface area contributed by atoms with E-state index in [4.69, 9.17) is 4.74 Å². The van der Waals surface area contributed by atoms with Crippen LogP contribution in [0.2, 0.25) is 0 Å². The minimum absolute atomic E-state index is 0.0451. The van der Waals surface area contributed by atoms with Crippen LogP contribution in [0.25, 0.3) is 0 Å². The summed E-state index contributed by atoms with van der Waals surface area (Å²) >= 11 is 0. The molecule has 0 aliphatic carbocycles. The van der Waals surface area contributed by atoms with E-state index in [2.05, 4.69) is 15.5 Å². The molecular weight excluding hydrogens is 194 g/mol. The van der Waals surface area contributed by atoms with Crippen LogP contribution in [-0.4, -0.2) is 23.2 Å². The first-order valence-electron chi connectivity index (χ1n) is 4.79. The molecule has 0 unspecified atom stereocenters. The van der Waals surface area contributed by atoms with Crippen molar-refractivity contribution in [2.75, 3.05) is 12.4 Å². The number of aromatic nitrogens is 2. The van der Waals surface area contributed by atoms with Crippen molar-refractivity contribution in [3.8, 4) is 5.88 Å². The van der Waals surface area contributed by atoms with Crippen molar-refractivity contribution in [1.29, 1.82) is 0 Å². The zero-order valence-corrected chi connectivity index (χ0v) is 9.15. The van der Waals surface area contributed by atoms with Crippen molar-refractivity contribution in [3.63, 3.8) is 0 Å². The molecule has 82 valence electrons. The second-order valence-electron chi connectivity index (χ2n) is 3.60. The molecule has 0 aromatic carbocycles. The van der Waals surface area contributed by atoms with Crippen LogP contribution in [0.15, 0.2) is 12.3 Å². The van der Waals surface area contributed by atoms with Crippen LogP contribution < -0.4 is 10.1 Å². The summed E-state index contributed by atoms with van der Waals surface area (Å²) in [6.07, 6.45) is 1.99. The quantitative estimate of drug-likeness (QED) is 0.815. The molecule has 1 heterocycles. The minimum Gasteiger partial charge on any atom is -0.478 e. The molecule has 1 aromatic heterocycles. The molecule has 0 atom stereocenters. The fourth-order valence-electron chi connectivity index (χ4n) is 1.14. The average Bonchev–Trinajstić information content (AvgIpc) is 2.17. The zero-order valence-electron chi connectivity index (χ0n) is 9.15. The van der Waals surface area contributed by atoms with E-state index in [1.165, 1.54) is 13.3 Å². The molecule has 15 heavy (non-hydrogen) atoms. The number of anilines is 1. The summed E-state index contributed by atoms with van der Waals surface area (Å²) in [6, 6.07) is 1.66. The largest absolute Gasteiger partial charge is 0.478 e. The van der Waals surface area contributed by atoms with Gasteiger partial charge >= 0.3 is 0 Å². The fourth-order valence-corrected chi connectivity index (χ4v) is 1.14. The first-order valence-corrected chi connectivity index (χ1v) is 4.79. The molecule has 1 N–H and O–H groups in total. The van der Waals surface area contributed by atoms with Crippen LogP contribution in [0.5, 0.6) is 5.88 Å². The standard InChI is InChI=1S/C10H15N3O2/c1-7(2)6-9(14)12-8-4-5-11-13-10(8)15-3/h4-5,7H,6H2,1-3H3,(H,11,12,14). The van der Waals surface area contributed by atoms with Gasteiger partial charge in [0, 0.05) is 6.42 Å². The van der Waals surface area contributed by atoms with Crippen molar-refractivity contribution in [2.45, 2.75) is 20.3 Å². The number of hydrogen-bond donors (Lipinski definition) is 1. The molecule has 0 aliphatic heterocycles. The molecule has 0 bridgehead atoms. The lowest BCUT2D eigenvalue weighted by Gasteiger charge is -2.08. The monoisotopic (exact) mass is 209 g/mol. The third-order valence-corrected chi connectivity index (χ3v) is 1.75. The van der Waals surface area contributed by atoms with Gasteiger partial charge < -0.3 is 10.1 Å². The number of ether oxygens (including phenoxy) is 1. The summed E-state index contributed by atoms with van der Waals surface area (Å²) in [5.41, 5.74) is 0.554.